The molecule has 1 aromatic carbocycles. The maximum absolute atomic E-state index is 4.03. The zero-order valence-electron chi connectivity index (χ0n) is 11.9. The van der Waals surface area contributed by atoms with E-state index in [1.807, 2.05) is 13.1 Å². The van der Waals surface area contributed by atoms with E-state index in [9.17, 15) is 0 Å². The molecule has 2 aromatic rings. The van der Waals surface area contributed by atoms with Crippen molar-refractivity contribution in [1.82, 2.24) is 20.4 Å². The van der Waals surface area contributed by atoms with Crippen molar-refractivity contribution in [3.05, 3.63) is 52.8 Å². The third kappa shape index (κ3) is 3.91. The maximum Gasteiger partial charge on any atom is 0.0535 e. The predicted molar refractivity (Wildman–Crippen MR) is 77.7 cm³/mol. The van der Waals surface area contributed by atoms with E-state index in [2.05, 4.69) is 58.8 Å². The van der Waals surface area contributed by atoms with Gasteiger partial charge in [-0.1, -0.05) is 24.3 Å². The van der Waals surface area contributed by atoms with Gasteiger partial charge in [-0.2, -0.15) is 5.10 Å². The Balaban J connectivity index is 1.94. The molecule has 0 fully saturated rings. The van der Waals surface area contributed by atoms with Crippen molar-refractivity contribution in [3.63, 3.8) is 0 Å². The molecule has 0 radical (unpaired) electrons. The van der Waals surface area contributed by atoms with E-state index in [0.717, 1.165) is 25.3 Å². The lowest BCUT2D eigenvalue weighted by atomic mass is 10.1. The summed E-state index contributed by atoms with van der Waals surface area (Å²) in [4.78, 5) is 2.19. The van der Waals surface area contributed by atoms with Gasteiger partial charge in [0.2, 0.25) is 0 Å². The van der Waals surface area contributed by atoms with E-state index in [0.29, 0.717) is 0 Å². The van der Waals surface area contributed by atoms with Crippen LogP contribution in [0.4, 0.5) is 0 Å². The fourth-order valence-electron chi connectivity index (χ4n) is 2.11. The van der Waals surface area contributed by atoms with Crippen molar-refractivity contribution in [2.24, 2.45) is 0 Å². The second-order valence-electron chi connectivity index (χ2n) is 5.13. The molecule has 1 aromatic heterocycles. The zero-order chi connectivity index (χ0) is 13.7. The smallest absolute Gasteiger partial charge is 0.0535 e. The number of benzene rings is 1. The van der Waals surface area contributed by atoms with Crippen molar-refractivity contribution < 1.29 is 0 Å². The molecule has 4 nitrogen and oxygen atoms in total. The van der Waals surface area contributed by atoms with Crippen LogP contribution < -0.4 is 5.32 Å². The molecule has 0 saturated carbocycles. The van der Waals surface area contributed by atoms with Crippen LogP contribution in [0.1, 0.15) is 22.4 Å². The van der Waals surface area contributed by atoms with Crippen LogP contribution in [0.15, 0.2) is 30.5 Å². The van der Waals surface area contributed by atoms with Gasteiger partial charge >= 0.3 is 0 Å². The fourth-order valence-corrected chi connectivity index (χ4v) is 2.11. The molecule has 0 atom stereocenters. The Hall–Kier alpha value is -1.65. The van der Waals surface area contributed by atoms with Gasteiger partial charge in [-0.15, -0.1) is 0 Å². The summed E-state index contributed by atoms with van der Waals surface area (Å²) in [5, 5.41) is 10.5. The van der Waals surface area contributed by atoms with Crippen molar-refractivity contribution in [3.8, 4) is 0 Å². The number of rotatable bonds is 6. The van der Waals surface area contributed by atoms with Gasteiger partial charge in [0.25, 0.3) is 0 Å². The first kappa shape index (κ1) is 13.8. The number of nitrogens with one attached hydrogen (secondary N) is 2. The van der Waals surface area contributed by atoms with E-state index in [-0.39, 0.29) is 0 Å². The van der Waals surface area contributed by atoms with Crippen molar-refractivity contribution in [1.29, 1.82) is 0 Å². The van der Waals surface area contributed by atoms with Crippen molar-refractivity contribution >= 4 is 0 Å². The molecule has 1 heterocycles. The lowest BCUT2D eigenvalue weighted by molar-refractivity contribution is 0.400. The van der Waals surface area contributed by atoms with Gasteiger partial charge in [-0.25, -0.2) is 0 Å². The van der Waals surface area contributed by atoms with Gasteiger partial charge in [-0.3, -0.25) is 5.10 Å². The molecule has 0 spiro atoms. The highest BCUT2D eigenvalue weighted by atomic mass is 15.1. The van der Waals surface area contributed by atoms with Crippen LogP contribution in [0.25, 0.3) is 0 Å². The van der Waals surface area contributed by atoms with Gasteiger partial charge in [0.1, 0.15) is 0 Å². The molecular weight excluding hydrogens is 236 g/mol. The molecule has 0 aliphatic carbocycles. The second-order valence-corrected chi connectivity index (χ2v) is 5.13. The van der Waals surface area contributed by atoms with Gasteiger partial charge in [-0.05, 0) is 32.1 Å². The molecule has 2 rings (SSSR count). The Morgan fingerprint density at radius 2 is 1.79 bits per heavy atom. The summed E-state index contributed by atoms with van der Waals surface area (Å²) in [6.07, 6.45) is 1.88. The number of aryl methyl sites for hydroxylation is 1. The molecule has 102 valence electrons. The third-order valence-corrected chi connectivity index (χ3v) is 3.17. The largest absolute Gasteiger partial charge is 0.308 e. The molecule has 0 aliphatic heterocycles. The molecule has 2 N–H and O–H groups in total. The van der Waals surface area contributed by atoms with Gasteiger partial charge in [0.15, 0.2) is 0 Å². The van der Waals surface area contributed by atoms with Gasteiger partial charge < -0.3 is 10.2 Å². The lowest BCUT2D eigenvalue weighted by Gasteiger charge is -2.14. The molecule has 0 amide bonds. The van der Waals surface area contributed by atoms with Crippen LogP contribution in [0, 0.1) is 6.92 Å². The van der Waals surface area contributed by atoms with Crippen LogP contribution in [0.3, 0.4) is 0 Å². The van der Waals surface area contributed by atoms with Crippen LogP contribution in [-0.4, -0.2) is 29.2 Å². The minimum absolute atomic E-state index is 0.846. The number of H-pyrrole nitrogens is 1. The van der Waals surface area contributed by atoms with Gasteiger partial charge in [0, 0.05) is 30.9 Å². The summed E-state index contributed by atoms with van der Waals surface area (Å²) in [6.45, 7) is 4.75. The predicted octanol–water partition coefficient (Wildman–Crippen LogP) is 2.07. The van der Waals surface area contributed by atoms with Crippen LogP contribution >= 0.6 is 0 Å². The van der Waals surface area contributed by atoms with Crippen LogP contribution in [0.2, 0.25) is 0 Å². The zero-order valence-corrected chi connectivity index (χ0v) is 11.9. The first-order valence-corrected chi connectivity index (χ1v) is 6.58. The number of aromatic nitrogens is 2. The molecule has 0 saturated heterocycles. The number of hydrogen-bond acceptors (Lipinski definition) is 3. The van der Waals surface area contributed by atoms with Crippen LogP contribution in [0.5, 0.6) is 0 Å². The topological polar surface area (TPSA) is 44.0 Å². The standard InChI is InChI=1S/C15H22N4/c1-12-15(10-17-18-12)9-16-8-13-6-4-5-7-14(13)11-19(2)3/h4-7,10,16H,8-9,11H2,1-3H3,(H,17,18). The van der Waals surface area contributed by atoms with Gasteiger partial charge in [0.05, 0.1) is 6.20 Å². The summed E-state index contributed by atoms with van der Waals surface area (Å²) in [6, 6.07) is 8.58. The molecule has 0 bridgehead atoms. The minimum atomic E-state index is 0.846. The lowest BCUT2D eigenvalue weighted by Crippen LogP contribution is -2.17. The minimum Gasteiger partial charge on any atom is -0.308 e. The highest BCUT2D eigenvalue weighted by molar-refractivity contribution is 5.27. The molecule has 0 aliphatic rings. The Morgan fingerprint density at radius 1 is 1.11 bits per heavy atom. The highest BCUT2D eigenvalue weighted by Crippen LogP contribution is 2.11. The fraction of sp³-hybridized carbons (Fsp3) is 0.400. The van der Waals surface area contributed by atoms with Crippen molar-refractivity contribution in [2.75, 3.05) is 14.1 Å². The quantitative estimate of drug-likeness (QED) is 0.833. The number of nitrogens with zero attached hydrogens (tertiary/aromatic N) is 2. The average molecular weight is 258 g/mol. The Labute approximate surface area is 114 Å². The van der Waals surface area contributed by atoms with Crippen molar-refractivity contribution in [2.45, 2.75) is 26.6 Å². The summed E-state index contributed by atoms with van der Waals surface area (Å²) in [7, 11) is 4.19. The summed E-state index contributed by atoms with van der Waals surface area (Å²) >= 11 is 0. The first-order chi connectivity index (χ1) is 9.16. The van der Waals surface area contributed by atoms with E-state index >= 15 is 0 Å². The number of aromatic amines is 1. The summed E-state index contributed by atoms with van der Waals surface area (Å²) in [5.74, 6) is 0. The molecular formula is C15H22N4. The Bertz CT molecular complexity index is 516. The van der Waals surface area contributed by atoms with E-state index in [1.165, 1.54) is 16.7 Å². The number of hydrogen-bond donors (Lipinski definition) is 2. The van der Waals surface area contributed by atoms with Crippen LogP contribution in [-0.2, 0) is 19.6 Å². The Morgan fingerprint density at radius 3 is 2.42 bits per heavy atom. The Kier molecular flexibility index (Phi) is 4.71. The van der Waals surface area contributed by atoms with E-state index < -0.39 is 0 Å². The first-order valence-electron chi connectivity index (χ1n) is 6.58. The second kappa shape index (κ2) is 6.50. The third-order valence-electron chi connectivity index (χ3n) is 3.17. The SMILES string of the molecule is Cc1[nH]ncc1CNCc1ccccc1CN(C)C. The maximum atomic E-state index is 4.03. The molecule has 4 heteroatoms. The average Bonchev–Trinajstić information content (AvgIpc) is 2.77. The van der Waals surface area contributed by atoms with E-state index in [1.54, 1.807) is 0 Å². The highest BCUT2D eigenvalue weighted by Gasteiger charge is 2.04. The summed E-state index contributed by atoms with van der Waals surface area (Å²) < 4.78 is 0. The normalized spacial score (nSPS) is 11.2. The molecule has 0 unspecified atom stereocenters. The van der Waals surface area contributed by atoms with E-state index in [4.69, 9.17) is 0 Å². The summed E-state index contributed by atoms with van der Waals surface area (Å²) in [5.41, 5.74) is 5.10. The molecule has 19 heavy (non-hydrogen) atoms. The monoisotopic (exact) mass is 258 g/mol.